The van der Waals surface area contributed by atoms with E-state index in [2.05, 4.69) is 168 Å². The number of rotatable bonds is 9. The van der Waals surface area contributed by atoms with Crippen LogP contribution in [0.15, 0.2) is 188 Å². The summed E-state index contributed by atoms with van der Waals surface area (Å²) in [5, 5.41) is 15.1. The minimum Gasteiger partial charge on any atom is -0.355 e. The fourth-order valence-corrected chi connectivity index (χ4v) is 8.12. The normalized spacial score (nSPS) is 16.9. The van der Waals surface area contributed by atoms with Gasteiger partial charge in [-0.15, -0.1) is 0 Å². The van der Waals surface area contributed by atoms with Gasteiger partial charge in [-0.25, -0.2) is 0 Å². The first-order valence-corrected chi connectivity index (χ1v) is 18.1. The highest BCUT2D eigenvalue weighted by atomic mass is 15.0. The van der Waals surface area contributed by atoms with Gasteiger partial charge in [0.1, 0.15) is 0 Å². The second kappa shape index (κ2) is 13.4. The molecule has 0 aliphatic heterocycles. The van der Waals surface area contributed by atoms with Crippen LogP contribution in [-0.4, -0.2) is 10.3 Å². The van der Waals surface area contributed by atoms with E-state index in [1.165, 1.54) is 55.3 Å². The minimum atomic E-state index is 0.326. The van der Waals surface area contributed by atoms with Crippen LogP contribution in [0, 0.1) is 17.2 Å². The highest BCUT2D eigenvalue weighted by molar-refractivity contribution is 6.11. The average molecular weight is 670 g/mol. The van der Waals surface area contributed by atoms with Gasteiger partial charge in [0.2, 0.25) is 0 Å². The summed E-state index contributed by atoms with van der Waals surface area (Å²) in [7, 11) is 0. The lowest BCUT2D eigenvalue weighted by atomic mass is 9.95. The van der Waals surface area contributed by atoms with E-state index >= 15 is 0 Å². The second-order valence-electron chi connectivity index (χ2n) is 13.9. The quantitative estimate of drug-likeness (QED) is 0.148. The number of anilines is 2. The zero-order valence-corrected chi connectivity index (χ0v) is 29.1. The molecule has 0 amide bonds. The van der Waals surface area contributed by atoms with Crippen molar-refractivity contribution in [2.75, 3.05) is 5.32 Å². The minimum absolute atomic E-state index is 0.326. The number of para-hydroxylation sites is 3. The van der Waals surface area contributed by atoms with Crippen LogP contribution in [-0.2, 0) is 0 Å². The van der Waals surface area contributed by atoms with Crippen LogP contribution in [0.4, 0.5) is 11.4 Å². The van der Waals surface area contributed by atoms with Crippen molar-refractivity contribution in [3.63, 3.8) is 0 Å². The predicted octanol–water partition coefficient (Wildman–Crippen LogP) is 12.7. The van der Waals surface area contributed by atoms with Crippen LogP contribution in [0.3, 0.4) is 0 Å². The number of nitrogens with zero attached hydrogens (tertiary/aromatic N) is 1. The summed E-state index contributed by atoms with van der Waals surface area (Å²) in [5.74, 6) is 1.14. The van der Waals surface area contributed by atoms with Gasteiger partial charge in [-0.2, -0.15) is 0 Å². The lowest BCUT2D eigenvalue weighted by Gasteiger charge is -2.13. The molecule has 1 heterocycles. The molecule has 0 saturated heterocycles. The summed E-state index contributed by atoms with van der Waals surface area (Å²) >= 11 is 0. The van der Waals surface area contributed by atoms with Crippen LogP contribution in [0.25, 0.3) is 44.2 Å². The molecule has 250 valence electrons. The Bertz CT molecular complexity index is 2580. The Kier molecular flexibility index (Phi) is 8.09. The third-order valence-corrected chi connectivity index (χ3v) is 10.7. The summed E-state index contributed by atoms with van der Waals surface area (Å²) in [6.45, 7) is 2.36. The van der Waals surface area contributed by atoms with Crippen molar-refractivity contribution in [2.45, 2.75) is 12.8 Å². The van der Waals surface area contributed by atoms with Crippen LogP contribution in [0.1, 0.15) is 29.5 Å². The Hall–Kier alpha value is -6.45. The molecule has 3 nitrogen and oxygen atoms in total. The van der Waals surface area contributed by atoms with E-state index in [4.69, 9.17) is 5.41 Å². The highest BCUT2D eigenvalue weighted by Crippen LogP contribution is 2.60. The highest BCUT2D eigenvalue weighted by Gasteiger charge is 2.49. The van der Waals surface area contributed by atoms with Gasteiger partial charge in [0.15, 0.2) is 0 Å². The monoisotopic (exact) mass is 669 g/mol. The molecule has 0 radical (unpaired) electrons. The molecule has 2 N–H and O–H groups in total. The van der Waals surface area contributed by atoms with Gasteiger partial charge in [0.25, 0.3) is 0 Å². The second-order valence-corrected chi connectivity index (χ2v) is 13.9. The number of aromatic nitrogens is 1. The van der Waals surface area contributed by atoms with Gasteiger partial charge < -0.3 is 15.3 Å². The van der Waals surface area contributed by atoms with Crippen LogP contribution in [0.2, 0.25) is 0 Å². The van der Waals surface area contributed by atoms with Crippen LogP contribution >= 0.6 is 0 Å². The lowest BCUT2D eigenvalue weighted by Crippen LogP contribution is -1.99. The number of nitrogens with one attached hydrogen (secondary N) is 2. The smallest absolute Gasteiger partial charge is 0.0615 e. The molecule has 8 aromatic rings. The predicted molar refractivity (Wildman–Crippen MR) is 219 cm³/mol. The number of benzene rings is 7. The molecule has 1 aliphatic rings. The van der Waals surface area contributed by atoms with Gasteiger partial charge in [-0.1, -0.05) is 140 Å². The molecule has 7 aromatic carbocycles. The molecule has 1 aliphatic carbocycles. The molecule has 0 bridgehead atoms. The molecule has 3 heteroatoms. The van der Waals surface area contributed by atoms with Crippen LogP contribution in [0.5, 0.6) is 0 Å². The summed E-state index contributed by atoms with van der Waals surface area (Å²) in [4.78, 5) is 0. The maximum absolute atomic E-state index is 9.00. The van der Waals surface area contributed by atoms with Crippen molar-refractivity contribution in [1.82, 2.24) is 4.57 Å². The van der Waals surface area contributed by atoms with E-state index in [0.29, 0.717) is 23.5 Å². The molecular weight excluding hydrogens is 631 g/mol. The molecular formula is C49H39N3. The van der Waals surface area contributed by atoms with Crippen molar-refractivity contribution >= 4 is 44.5 Å². The Morgan fingerprint density at radius 2 is 1.25 bits per heavy atom. The number of allylic oxidation sites excluding steroid dienone is 2. The van der Waals surface area contributed by atoms with Crippen molar-refractivity contribution in [3.05, 3.63) is 205 Å². The fourth-order valence-electron chi connectivity index (χ4n) is 8.12. The van der Waals surface area contributed by atoms with Crippen molar-refractivity contribution in [3.8, 4) is 16.8 Å². The summed E-state index contributed by atoms with van der Waals surface area (Å²) in [5.41, 5.74) is 13.3. The van der Waals surface area contributed by atoms with Crippen molar-refractivity contribution in [1.29, 1.82) is 5.41 Å². The zero-order valence-electron chi connectivity index (χ0n) is 29.1. The molecule has 0 spiro atoms. The zero-order chi connectivity index (χ0) is 35.0. The largest absolute Gasteiger partial charge is 0.355 e. The first-order valence-electron chi connectivity index (χ1n) is 18.1. The van der Waals surface area contributed by atoms with Gasteiger partial charge >= 0.3 is 0 Å². The van der Waals surface area contributed by atoms with E-state index in [1.54, 1.807) is 0 Å². The van der Waals surface area contributed by atoms with E-state index in [0.717, 1.165) is 16.9 Å². The van der Waals surface area contributed by atoms with Gasteiger partial charge in [0.05, 0.1) is 16.7 Å². The molecule has 3 unspecified atom stereocenters. The van der Waals surface area contributed by atoms with E-state index in [1.807, 2.05) is 36.4 Å². The topological polar surface area (TPSA) is 40.8 Å². The van der Waals surface area contributed by atoms with Crippen LogP contribution < -0.4 is 5.32 Å². The Morgan fingerprint density at radius 3 is 2.04 bits per heavy atom. The Labute approximate surface area is 305 Å². The van der Waals surface area contributed by atoms with Gasteiger partial charge in [0, 0.05) is 33.4 Å². The van der Waals surface area contributed by atoms with E-state index in [9.17, 15) is 0 Å². The van der Waals surface area contributed by atoms with E-state index < -0.39 is 0 Å². The first kappa shape index (κ1) is 31.5. The molecule has 1 aromatic heterocycles. The lowest BCUT2D eigenvalue weighted by molar-refractivity contribution is 0.893. The van der Waals surface area contributed by atoms with Gasteiger partial charge in [-0.3, -0.25) is 0 Å². The third kappa shape index (κ3) is 5.80. The summed E-state index contributed by atoms with van der Waals surface area (Å²) in [6.07, 6.45) is 2.10. The summed E-state index contributed by atoms with van der Waals surface area (Å²) < 4.78 is 2.42. The number of fused-ring (bicyclic) bond motifs is 3. The Balaban J connectivity index is 1.10. The molecule has 1 fully saturated rings. The standard InChI is InChI=1S/C49H39N3/c1-33-48(49(33)42(34-16-5-2-6-17-34)32-44(50)35-18-7-3-8-19-35)37-20-15-23-39(30-37)52-46-27-14-12-25-41(46)43-31-36(28-29-47(43)52)40-24-11-13-26-45(40)51-38-21-9-4-10-22-38/h2-33,48-51H,1H3/b42-32-,50-44?. The van der Waals surface area contributed by atoms with Crippen molar-refractivity contribution in [2.24, 2.45) is 11.8 Å². The summed E-state index contributed by atoms with van der Waals surface area (Å²) in [6, 6.07) is 64.4. The van der Waals surface area contributed by atoms with Crippen molar-refractivity contribution < 1.29 is 0 Å². The first-order chi connectivity index (χ1) is 25.6. The number of hydrogen-bond donors (Lipinski definition) is 2. The molecule has 3 atom stereocenters. The fraction of sp³-hybridized carbons (Fsp3) is 0.0816. The molecule has 1 saturated carbocycles. The molecule has 9 rings (SSSR count). The average Bonchev–Trinajstić information content (AvgIpc) is 3.76. The molecule has 52 heavy (non-hydrogen) atoms. The maximum Gasteiger partial charge on any atom is 0.0615 e. The van der Waals surface area contributed by atoms with Gasteiger partial charge in [-0.05, 0) is 100 Å². The number of hydrogen-bond acceptors (Lipinski definition) is 2. The maximum atomic E-state index is 9.00. The SMILES string of the molecule is CC1C(/C(=C\C(=N)c2ccccc2)c2ccccc2)C1c1cccc(-n2c3ccccc3c3cc(-c4ccccc4Nc4ccccc4)ccc32)c1. The Morgan fingerprint density at radius 1 is 0.596 bits per heavy atom. The van der Waals surface area contributed by atoms with E-state index in [-0.39, 0.29) is 0 Å². The third-order valence-electron chi connectivity index (χ3n) is 10.7.